The Bertz CT molecular complexity index is 718. The number of alkyl halides is 3. The second-order valence-corrected chi connectivity index (χ2v) is 4.03. The van der Waals surface area contributed by atoms with Crippen LogP contribution in [0.1, 0.15) is 11.1 Å². The average Bonchev–Trinajstić information content (AvgIpc) is 2.39. The van der Waals surface area contributed by atoms with Gasteiger partial charge in [-0.3, -0.25) is 0 Å². The fourth-order valence-corrected chi connectivity index (χ4v) is 1.61. The minimum absolute atomic E-state index is 0.0526. The Kier molecular flexibility index (Phi) is 3.80. The third kappa shape index (κ3) is 3.48. The molecule has 0 radical (unpaired) electrons. The average molecular weight is 299 g/mol. The van der Waals surface area contributed by atoms with Crippen LogP contribution in [-0.2, 0) is 6.18 Å². The number of hydrogen-bond donors (Lipinski definition) is 0. The number of hydrogen-bond acceptors (Lipinski definition) is 2. The van der Waals surface area contributed by atoms with Crippen molar-refractivity contribution < 1.29 is 26.7 Å². The molecule has 0 spiro atoms. The second kappa shape index (κ2) is 5.40. The predicted molar refractivity (Wildman–Crippen MR) is 62.6 cm³/mol. The zero-order valence-electron chi connectivity index (χ0n) is 10.2. The van der Waals surface area contributed by atoms with Gasteiger partial charge in [-0.15, -0.1) is 0 Å². The number of benzene rings is 2. The summed E-state index contributed by atoms with van der Waals surface area (Å²) in [5.74, 6) is -2.70. The van der Waals surface area contributed by atoms with Crippen LogP contribution in [0.25, 0.3) is 0 Å². The van der Waals surface area contributed by atoms with Gasteiger partial charge in [-0.1, -0.05) is 0 Å². The predicted octanol–water partition coefficient (Wildman–Crippen LogP) is 4.65. The topological polar surface area (TPSA) is 33.0 Å². The molecule has 21 heavy (non-hydrogen) atoms. The molecule has 0 bridgehead atoms. The molecule has 108 valence electrons. The molecule has 2 nitrogen and oxygen atoms in total. The summed E-state index contributed by atoms with van der Waals surface area (Å²) in [6.45, 7) is 0. The first-order chi connectivity index (χ1) is 9.79. The molecule has 2 aromatic carbocycles. The van der Waals surface area contributed by atoms with Gasteiger partial charge in [0.25, 0.3) is 0 Å². The molecular weight excluding hydrogens is 293 g/mol. The Hall–Kier alpha value is -2.62. The molecule has 0 heterocycles. The van der Waals surface area contributed by atoms with Crippen LogP contribution < -0.4 is 4.74 Å². The van der Waals surface area contributed by atoms with Crippen molar-refractivity contribution in [1.29, 1.82) is 5.26 Å². The Morgan fingerprint density at radius 3 is 2.29 bits per heavy atom. The van der Waals surface area contributed by atoms with Crippen LogP contribution in [0.2, 0.25) is 0 Å². The maximum Gasteiger partial charge on any atom is 0.419 e. The summed E-state index contributed by atoms with van der Waals surface area (Å²) in [4.78, 5) is 0. The maximum absolute atomic E-state index is 13.2. The molecule has 2 aromatic rings. The van der Waals surface area contributed by atoms with E-state index in [2.05, 4.69) is 0 Å². The van der Waals surface area contributed by atoms with Gasteiger partial charge in [-0.05, 0) is 30.3 Å². The van der Waals surface area contributed by atoms with Crippen LogP contribution in [-0.4, -0.2) is 0 Å². The Labute approximate surface area is 116 Å². The van der Waals surface area contributed by atoms with E-state index in [4.69, 9.17) is 10.00 Å². The summed E-state index contributed by atoms with van der Waals surface area (Å²) in [5, 5.41) is 8.67. The van der Waals surface area contributed by atoms with Crippen molar-refractivity contribution in [3.8, 4) is 17.6 Å². The van der Waals surface area contributed by atoms with Gasteiger partial charge >= 0.3 is 6.18 Å². The summed E-state index contributed by atoms with van der Waals surface area (Å²) in [6, 6.07) is 6.71. The summed E-state index contributed by atoms with van der Waals surface area (Å²) in [6.07, 6.45) is -4.87. The molecule has 0 atom stereocenters. The van der Waals surface area contributed by atoms with Crippen LogP contribution in [0.4, 0.5) is 22.0 Å². The second-order valence-electron chi connectivity index (χ2n) is 4.03. The van der Waals surface area contributed by atoms with Crippen LogP contribution in [0.3, 0.4) is 0 Å². The van der Waals surface area contributed by atoms with Crippen molar-refractivity contribution in [3.63, 3.8) is 0 Å². The van der Waals surface area contributed by atoms with Crippen molar-refractivity contribution in [3.05, 3.63) is 59.2 Å². The lowest BCUT2D eigenvalue weighted by atomic mass is 10.2. The number of halogens is 5. The van der Waals surface area contributed by atoms with Crippen LogP contribution in [0.5, 0.6) is 11.5 Å². The minimum Gasteiger partial charge on any atom is -0.457 e. The molecular formula is C14H6F5NO. The highest BCUT2D eigenvalue weighted by molar-refractivity contribution is 5.40. The normalized spacial score (nSPS) is 11.0. The first kappa shape index (κ1) is 14.8. The molecule has 0 amide bonds. The number of nitriles is 1. The standard InChI is InChI=1S/C14H6F5NO/c15-9-3-8(7-20)4-11(5-9)21-10-1-2-13(16)12(6-10)14(17,18)19/h1-6H. The Morgan fingerprint density at radius 1 is 0.952 bits per heavy atom. The molecule has 0 saturated heterocycles. The van der Waals surface area contributed by atoms with Crippen molar-refractivity contribution in [2.45, 2.75) is 6.18 Å². The van der Waals surface area contributed by atoms with E-state index in [1.807, 2.05) is 0 Å². The van der Waals surface area contributed by atoms with Gasteiger partial charge in [0.15, 0.2) is 0 Å². The molecule has 0 aliphatic rings. The maximum atomic E-state index is 13.2. The number of ether oxygens (including phenoxy) is 1. The van der Waals surface area contributed by atoms with Gasteiger partial charge in [0.1, 0.15) is 23.1 Å². The highest BCUT2D eigenvalue weighted by Gasteiger charge is 2.34. The van der Waals surface area contributed by atoms with Crippen molar-refractivity contribution in [2.75, 3.05) is 0 Å². The molecule has 0 aliphatic carbocycles. The van der Waals surface area contributed by atoms with Gasteiger partial charge in [0.2, 0.25) is 0 Å². The Morgan fingerprint density at radius 2 is 1.67 bits per heavy atom. The largest absolute Gasteiger partial charge is 0.457 e. The first-order valence-electron chi connectivity index (χ1n) is 5.55. The lowest BCUT2D eigenvalue weighted by Crippen LogP contribution is -2.08. The highest BCUT2D eigenvalue weighted by atomic mass is 19.4. The molecule has 0 saturated carbocycles. The quantitative estimate of drug-likeness (QED) is 0.756. The number of rotatable bonds is 2. The molecule has 0 fully saturated rings. The van der Waals surface area contributed by atoms with Gasteiger partial charge < -0.3 is 4.74 Å². The highest BCUT2D eigenvalue weighted by Crippen LogP contribution is 2.35. The summed E-state index contributed by atoms with van der Waals surface area (Å²) < 4.78 is 69.0. The molecule has 0 N–H and O–H groups in total. The summed E-state index contributed by atoms with van der Waals surface area (Å²) >= 11 is 0. The van der Waals surface area contributed by atoms with Gasteiger partial charge in [0, 0.05) is 6.07 Å². The van der Waals surface area contributed by atoms with Crippen LogP contribution in [0.15, 0.2) is 36.4 Å². The van der Waals surface area contributed by atoms with E-state index in [1.165, 1.54) is 0 Å². The SMILES string of the molecule is N#Cc1cc(F)cc(Oc2ccc(F)c(C(F)(F)F)c2)c1. The zero-order valence-corrected chi connectivity index (χ0v) is 10.2. The van der Waals surface area contributed by atoms with E-state index in [1.54, 1.807) is 6.07 Å². The van der Waals surface area contributed by atoms with Gasteiger partial charge in [-0.2, -0.15) is 18.4 Å². The minimum atomic E-state index is -4.87. The van der Waals surface area contributed by atoms with Gasteiger partial charge in [0.05, 0.1) is 17.2 Å². The monoisotopic (exact) mass is 299 g/mol. The summed E-state index contributed by atoms with van der Waals surface area (Å²) in [7, 11) is 0. The fraction of sp³-hybridized carbons (Fsp3) is 0.0714. The lowest BCUT2D eigenvalue weighted by molar-refractivity contribution is -0.140. The zero-order chi connectivity index (χ0) is 15.6. The third-order valence-electron chi connectivity index (χ3n) is 2.48. The van der Waals surface area contributed by atoms with Crippen molar-refractivity contribution in [2.24, 2.45) is 0 Å². The van der Waals surface area contributed by atoms with Crippen LogP contribution >= 0.6 is 0 Å². The van der Waals surface area contributed by atoms with E-state index >= 15 is 0 Å². The van der Waals surface area contributed by atoms with Gasteiger partial charge in [-0.25, -0.2) is 8.78 Å². The third-order valence-corrected chi connectivity index (χ3v) is 2.48. The van der Waals surface area contributed by atoms with E-state index in [0.29, 0.717) is 12.1 Å². The van der Waals surface area contributed by atoms with Crippen molar-refractivity contribution >= 4 is 0 Å². The van der Waals surface area contributed by atoms with E-state index in [-0.39, 0.29) is 17.1 Å². The lowest BCUT2D eigenvalue weighted by Gasteiger charge is -2.11. The Balaban J connectivity index is 2.37. The molecule has 2 rings (SSSR count). The fourth-order valence-electron chi connectivity index (χ4n) is 1.61. The molecule has 0 aliphatic heterocycles. The first-order valence-corrected chi connectivity index (χ1v) is 5.55. The number of nitrogens with zero attached hydrogens (tertiary/aromatic N) is 1. The summed E-state index contributed by atoms with van der Waals surface area (Å²) in [5.41, 5.74) is -1.54. The van der Waals surface area contributed by atoms with E-state index in [9.17, 15) is 22.0 Å². The van der Waals surface area contributed by atoms with Crippen LogP contribution in [0, 0.1) is 23.0 Å². The molecule has 7 heteroatoms. The van der Waals surface area contributed by atoms with E-state index < -0.39 is 23.4 Å². The molecule has 0 aromatic heterocycles. The smallest absolute Gasteiger partial charge is 0.419 e. The van der Waals surface area contributed by atoms with Crippen molar-refractivity contribution in [1.82, 2.24) is 0 Å². The molecule has 0 unspecified atom stereocenters. The van der Waals surface area contributed by atoms with E-state index in [0.717, 1.165) is 24.3 Å².